The molecule has 182 valence electrons. The zero-order chi connectivity index (χ0) is 24.8. The number of piperidine rings is 1. The van der Waals surface area contributed by atoms with E-state index in [4.69, 9.17) is 0 Å². The molecule has 35 heavy (non-hydrogen) atoms. The number of carbonyl (C=O) groups is 2. The fraction of sp³-hybridized carbons (Fsp3) is 0.286. The molecular formula is C28H30N2O4S. The van der Waals surface area contributed by atoms with Crippen molar-refractivity contribution < 1.29 is 18.0 Å². The van der Waals surface area contributed by atoms with Gasteiger partial charge >= 0.3 is 0 Å². The van der Waals surface area contributed by atoms with Gasteiger partial charge in [0.15, 0.2) is 5.78 Å². The minimum Gasteiger partial charge on any atom is -0.349 e. The summed E-state index contributed by atoms with van der Waals surface area (Å²) in [4.78, 5) is 25.0. The maximum atomic E-state index is 13.2. The van der Waals surface area contributed by atoms with Crippen molar-refractivity contribution in [3.8, 4) is 0 Å². The lowest BCUT2D eigenvalue weighted by molar-refractivity contribution is -0.126. The fourth-order valence-electron chi connectivity index (χ4n) is 4.46. The van der Waals surface area contributed by atoms with Crippen molar-refractivity contribution in [3.63, 3.8) is 0 Å². The highest BCUT2D eigenvalue weighted by Gasteiger charge is 2.33. The van der Waals surface area contributed by atoms with Gasteiger partial charge in [0.2, 0.25) is 15.9 Å². The van der Waals surface area contributed by atoms with E-state index < -0.39 is 10.0 Å². The van der Waals surface area contributed by atoms with Crippen LogP contribution in [0.4, 0.5) is 0 Å². The summed E-state index contributed by atoms with van der Waals surface area (Å²) < 4.78 is 27.6. The first kappa shape index (κ1) is 24.8. The summed E-state index contributed by atoms with van der Waals surface area (Å²) in [5, 5.41) is 3.21. The summed E-state index contributed by atoms with van der Waals surface area (Å²) >= 11 is 0. The molecule has 1 N–H and O–H groups in total. The van der Waals surface area contributed by atoms with E-state index in [1.54, 1.807) is 12.1 Å². The van der Waals surface area contributed by atoms with Gasteiger partial charge in [0.25, 0.3) is 0 Å². The van der Waals surface area contributed by atoms with Crippen LogP contribution in [0.15, 0.2) is 89.8 Å². The second kappa shape index (κ2) is 11.0. The number of rotatable bonds is 8. The summed E-state index contributed by atoms with van der Waals surface area (Å²) in [5.41, 5.74) is 2.54. The third-order valence-electron chi connectivity index (χ3n) is 6.50. The molecule has 3 aromatic rings. The van der Waals surface area contributed by atoms with Crippen molar-refractivity contribution in [1.82, 2.24) is 9.62 Å². The number of Topliss-reactive ketones (excluding diaryl/α,β-unsaturated/α-hetero) is 1. The van der Waals surface area contributed by atoms with Crippen LogP contribution in [0.3, 0.4) is 0 Å². The van der Waals surface area contributed by atoms with Crippen molar-refractivity contribution in [2.75, 3.05) is 13.1 Å². The Morgan fingerprint density at radius 1 is 0.914 bits per heavy atom. The van der Waals surface area contributed by atoms with E-state index in [0.717, 1.165) is 11.1 Å². The molecule has 1 fully saturated rings. The summed E-state index contributed by atoms with van der Waals surface area (Å²) in [5.74, 6) is -0.488. The molecule has 6 nitrogen and oxygen atoms in total. The van der Waals surface area contributed by atoms with Crippen molar-refractivity contribution >= 4 is 21.7 Å². The van der Waals surface area contributed by atoms with E-state index in [2.05, 4.69) is 5.32 Å². The third kappa shape index (κ3) is 6.05. The molecule has 0 radical (unpaired) electrons. The zero-order valence-corrected chi connectivity index (χ0v) is 20.6. The van der Waals surface area contributed by atoms with Crippen molar-refractivity contribution in [3.05, 3.63) is 102 Å². The van der Waals surface area contributed by atoms with E-state index >= 15 is 0 Å². The summed E-state index contributed by atoms with van der Waals surface area (Å²) in [6.07, 6.45) is 1.57. The van der Waals surface area contributed by atoms with Crippen LogP contribution >= 0.6 is 0 Å². The number of sulfonamides is 1. The topological polar surface area (TPSA) is 83.6 Å². The molecule has 1 amide bonds. The van der Waals surface area contributed by atoms with E-state index in [1.807, 2.05) is 60.7 Å². The molecule has 1 heterocycles. The van der Waals surface area contributed by atoms with Crippen LogP contribution in [0.2, 0.25) is 0 Å². The molecule has 1 atom stereocenters. The SMILES string of the molecule is CC(=O)c1cccc(S(=O)(=O)N2CCC(C(=O)NC(Cc3ccccc3)c3ccccc3)CC2)c1. The molecule has 1 unspecified atom stereocenters. The largest absolute Gasteiger partial charge is 0.349 e. The van der Waals surface area contributed by atoms with Crippen LogP contribution in [0.25, 0.3) is 0 Å². The average molecular weight is 491 g/mol. The van der Waals surface area contributed by atoms with Gasteiger partial charge in [-0.15, -0.1) is 0 Å². The lowest BCUT2D eigenvalue weighted by atomic mass is 9.94. The Bertz CT molecular complexity index is 1270. The van der Waals surface area contributed by atoms with Gasteiger partial charge in [0.1, 0.15) is 0 Å². The third-order valence-corrected chi connectivity index (χ3v) is 8.40. The normalized spacial score (nSPS) is 15.9. The summed E-state index contributed by atoms with van der Waals surface area (Å²) in [7, 11) is -3.72. The van der Waals surface area contributed by atoms with Crippen LogP contribution in [0.5, 0.6) is 0 Å². The minimum atomic E-state index is -3.72. The molecule has 4 rings (SSSR count). The van der Waals surface area contributed by atoms with Gasteiger partial charge in [0, 0.05) is 24.6 Å². The first-order chi connectivity index (χ1) is 16.8. The van der Waals surface area contributed by atoms with E-state index in [-0.39, 0.29) is 41.6 Å². The number of hydrogen-bond acceptors (Lipinski definition) is 4. The van der Waals surface area contributed by atoms with Gasteiger partial charge in [-0.3, -0.25) is 9.59 Å². The molecule has 3 aromatic carbocycles. The highest BCUT2D eigenvalue weighted by atomic mass is 32.2. The monoisotopic (exact) mass is 490 g/mol. The lowest BCUT2D eigenvalue weighted by Gasteiger charge is -2.31. The second-order valence-corrected chi connectivity index (χ2v) is 10.9. The van der Waals surface area contributed by atoms with Crippen LogP contribution in [-0.2, 0) is 21.2 Å². The molecule has 1 aliphatic rings. The number of benzene rings is 3. The van der Waals surface area contributed by atoms with E-state index in [9.17, 15) is 18.0 Å². The fourth-order valence-corrected chi connectivity index (χ4v) is 5.98. The molecule has 1 aliphatic heterocycles. The van der Waals surface area contributed by atoms with Gasteiger partial charge in [0.05, 0.1) is 10.9 Å². The smallest absolute Gasteiger partial charge is 0.243 e. The Balaban J connectivity index is 1.42. The van der Waals surface area contributed by atoms with Gasteiger partial charge < -0.3 is 5.32 Å². The Labute approximate surface area is 207 Å². The predicted molar refractivity (Wildman–Crippen MR) is 135 cm³/mol. The number of hydrogen-bond donors (Lipinski definition) is 1. The van der Waals surface area contributed by atoms with Crippen LogP contribution in [0.1, 0.15) is 47.3 Å². The van der Waals surface area contributed by atoms with Gasteiger partial charge in [-0.05, 0) is 49.4 Å². The Morgan fingerprint density at radius 2 is 1.54 bits per heavy atom. The van der Waals surface area contributed by atoms with E-state index in [1.165, 1.54) is 23.4 Å². The maximum absolute atomic E-state index is 13.2. The van der Waals surface area contributed by atoms with Crippen LogP contribution in [0, 0.1) is 5.92 Å². The number of nitrogens with zero attached hydrogens (tertiary/aromatic N) is 1. The maximum Gasteiger partial charge on any atom is 0.243 e. The Kier molecular flexibility index (Phi) is 7.78. The van der Waals surface area contributed by atoms with Crippen LogP contribution < -0.4 is 5.32 Å². The Morgan fingerprint density at radius 3 is 2.17 bits per heavy atom. The second-order valence-electron chi connectivity index (χ2n) is 8.92. The number of nitrogens with one attached hydrogen (secondary N) is 1. The summed E-state index contributed by atoms with van der Waals surface area (Å²) in [6.45, 7) is 1.94. The predicted octanol–water partition coefficient (Wildman–Crippen LogP) is 4.39. The molecule has 1 saturated heterocycles. The molecule has 0 bridgehead atoms. The van der Waals surface area contributed by atoms with E-state index in [0.29, 0.717) is 24.8 Å². The van der Waals surface area contributed by atoms with Crippen LogP contribution in [-0.4, -0.2) is 37.5 Å². The molecule has 7 heteroatoms. The highest BCUT2D eigenvalue weighted by molar-refractivity contribution is 7.89. The first-order valence-electron chi connectivity index (χ1n) is 11.8. The zero-order valence-electron chi connectivity index (χ0n) is 19.8. The van der Waals surface area contributed by atoms with Gasteiger partial charge in [-0.1, -0.05) is 72.8 Å². The molecule has 0 aliphatic carbocycles. The first-order valence-corrected chi connectivity index (χ1v) is 13.3. The van der Waals surface area contributed by atoms with Crippen molar-refractivity contribution in [1.29, 1.82) is 0 Å². The molecule has 0 aromatic heterocycles. The number of amides is 1. The molecular weight excluding hydrogens is 460 g/mol. The summed E-state index contributed by atoms with van der Waals surface area (Å²) in [6, 6.07) is 25.9. The lowest BCUT2D eigenvalue weighted by Crippen LogP contribution is -2.44. The molecule has 0 saturated carbocycles. The van der Waals surface area contributed by atoms with Gasteiger partial charge in [-0.25, -0.2) is 8.42 Å². The van der Waals surface area contributed by atoms with Gasteiger partial charge in [-0.2, -0.15) is 4.31 Å². The molecule has 0 spiro atoms. The number of ketones is 1. The Hall–Kier alpha value is -3.29. The number of carbonyl (C=O) groups excluding carboxylic acids is 2. The average Bonchev–Trinajstić information content (AvgIpc) is 2.89. The van der Waals surface area contributed by atoms with Crippen molar-refractivity contribution in [2.24, 2.45) is 5.92 Å². The standard InChI is InChI=1S/C28H30N2O4S/c1-21(31)25-13-8-14-26(20-25)35(33,34)30-17-15-24(16-18-30)28(32)29-27(23-11-6-3-7-12-23)19-22-9-4-2-5-10-22/h2-14,20,24,27H,15-19H2,1H3,(H,29,32). The van der Waals surface area contributed by atoms with Crippen molar-refractivity contribution in [2.45, 2.75) is 37.1 Å². The minimum absolute atomic E-state index is 0.0505. The quantitative estimate of drug-likeness (QED) is 0.475. The highest BCUT2D eigenvalue weighted by Crippen LogP contribution is 2.26.